The zero-order valence-corrected chi connectivity index (χ0v) is 10.1. The van der Waals surface area contributed by atoms with E-state index in [2.05, 4.69) is 5.32 Å². The third-order valence-electron chi connectivity index (χ3n) is 1.95. The maximum atomic E-state index is 9.04. The molecule has 80 valence electrons. The molecule has 0 saturated heterocycles. The van der Waals surface area contributed by atoms with E-state index in [0.717, 1.165) is 18.1 Å². The van der Waals surface area contributed by atoms with Crippen LogP contribution in [0.1, 0.15) is 18.7 Å². The van der Waals surface area contributed by atoms with Crippen molar-refractivity contribution in [3.63, 3.8) is 0 Å². The van der Waals surface area contributed by atoms with E-state index in [9.17, 15) is 0 Å². The summed E-state index contributed by atoms with van der Waals surface area (Å²) in [5.74, 6) is 0. The van der Waals surface area contributed by atoms with Gasteiger partial charge in [0.1, 0.15) is 0 Å². The largest absolute Gasteiger partial charge is 0.396 e. The van der Waals surface area contributed by atoms with E-state index in [1.165, 1.54) is 4.88 Å². The third kappa shape index (κ3) is 3.96. The minimum absolute atomic E-state index is 0.0545. The highest BCUT2D eigenvalue weighted by Gasteiger charge is 2.15. The number of halogens is 1. The zero-order valence-electron chi connectivity index (χ0n) is 8.51. The molecule has 0 amide bonds. The first kappa shape index (κ1) is 12.0. The van der Waals surface area contributed by atoms with Crippen LogP contribution in [-0.2, 0) is 6.54 Å². The van der Waals surface area contributed by atoms with Crippen LogP contribution in [0.4, 0.5) is 0 Å². The summed E-state index contributed by atoms with van der Waals surface area (Å²) in [6.45, 7) is 5.88. The second-order valence-electron chi connectivity index (χ2n) is 4.16. The number of hydrogen-bond acceptors (Lipinski definition) is 3. The van der Waals surface area contributed by atoms with Gasteiger partial charge in [0.2, 0.25) is 0 Å². The Labute approximate surface area is 93.9 Å². The third-order valence-corrected chi connectivity index (χ3v) is 3.24. The Morgan fingerprint density at radius 1 is 1.57 bits per heavy atom. The average molecular weight is 234 g/mol. The van der Waals surface area contributed by atoms with Crippen molar-refractivity contribution in [1.82, 2.24) is 5.32 Å². The van der Waals surface area contributed by atoms with E-state index in [-0.39, 0.29) is 12.0 Å². The Bertz CT molecular complexity index is 285. The lowest BCUT2D eigenvalue weighted by Gasteiger charge is -2.21. The molecular weight excluding hydrogens is 218 g/mol. The molecule has 0 saturated carbocycles. The van der Waals surface area contributed by atoms with Crippen molar-refractivity contribution < 1.29 is 5.11 Å². The maximum Gasteiger partial charge on any atom is 0.0516 e. The molecule has 1 aromatic rings. The van der Waals surface area contributed by atoms with Gasteiger partial charge in [-0.3, -0.25) is 0 Å². The molecule has 1 aromatic heterocycles. The van der Waals surface area contributed by atoms with E-state index in [1.807, 2.05) is 25.3 Å². The Kier molecular flexibility index (Phi) is 4.38. The molecule has 0 atom stereocenters. The molecule has 0 aliphatic rings. The summed E-state index contributed by atoms with van der Waals surface area (Å²) >= 11 is 7.45. The Balaban J connectivity index is 2.28. The quantitative estimate of drug-likeness (QED) is 0.819. The van der Waals surface area contributed by atoms with Crippen LogP contribution in [0.15, 0.2) is 11.4 Å². The molecule has 0 fully saturated rings. The Morgan fingerprint density at radius 3 is 2.79 bits per heavy atom. The number of nitrogens with one attached hydrogen (secondary N) is 1. The van der Waals surface area contributed by atoms with Gasteiger partial charge in [-0.1, -0.05) is 25.4 Å². The Morgan fingerprint density at radius 2 is 2.29 bits per heavy atom. The fourth-order valence-corrected chi connectivity index (χ4v) is 2.07. The SMILES string of the molecule is CC(C)(CO)CNCc1cc(Cl)cs1. The summed E-state index contributed by atoms with van der Waals surface area (Å²) in [6.07, 6.45) is 0. The molecule has 0 unspecified atom stereocenters. The van der Waals surface area contributed by atoms with Crippen LogP contribution in [-0.4, -0.2) is 18.3 Å². The number of aliphatic hydroxyl groups excluding tert-OH is 1. The van der Waals surface area contributed by atoms with Crippen LogP contribution in [0.3, 0.4) is 0 Å². The minimum atomic E-state index is -0.0545. The first-order valence-corrected chi connectivity index (χ1v) is 5.84. The first-order valence-electron chi connectivity index (χ1n) is 4.58. The molecular formula is C10H16ClNOS. The summed E-state index contributed by atoms with van der Waals surface area (Å²) in [5, 5.41) is 15.1. The van der Waals surface area contributed by atoms with Crippen LogP contribution in [0.2, 0.25) is 5.02 Å². The smallest absolute Gasteiger partial charge is 0.0516 e. The van der Waals surface area contributed by atoms with E-state index < -0.39 is 0 Å². The van der Waals surface area contributed by atoms with E-state index >= 15 is 0 Å². The molecule has 0 aliphatic carbocycles. The van der Waals surface area contributed by atoms with Gasteiger partial charge < -0.3 is 10.4 Å². The van der Waals surface area contributed by atoms with Crippen molar-refractivity contribution in [2.45, 2.75) is 20.4 Å². The van der Waals surface area contributed by atoms with Crippen molar-refractivity contribution in [3.8, 4) is 0 Å². The lowest BCUT2D eigenvalue weighted by atomic mass is 9.95. The number of rotatable bonds is 5. The summed E-state index contributed by atoms with van der Waals surface area (Å²) in [4.78, 5) is 1.23. The summed E-state index contributed by atoms with van der Waals surface area (Å²) in [6, 6.07) is 1.96. The Hall–Kier alpha value is -0.0900. The molecule has 2 N–H and O–H groups in total. The van der Waals surface area contributed by atoms with E-state index in [1.54, 1.807) is 11.3 Å². The predicted molar refractivity (Wildman–Crippen MR) is 61.9 cm³/mol. The lowest BCUT2D eigenvalue weighted by molar-refractivity contribution is 0.157. The van der Waals surface area contributed by atoms with Gasteiger partial charge in [-0.05, 0) is 6.07 Å². The fourth-order valence-electron chi connectivity index (χ4n) is 1.03. The molecule has 14 heavy (non-hydrogen) atoms. The van der Waals surface area contributed by atoms with E-state index in [0.29, 0.717) is 0 Å². The predicted octanol–water partition coefficient (Wildman–Crippen LogP) is 2.51. The normalized spacial score (nSPS) is 12.0. The number of thiophene rings is 1. The molecule has 0 spiro atoms. The standard InChI is InChI=1S/C10H16ClNOS/c1-10(2,7-13)6-12-4-9-3-8(11)5-14-9/h3,5,12-13H,4,6-7H2,1-2H3. The highest BCUT2D eigenvalue weighted by atomic mass is 35.5. The van der Waals surface area contributed by atoms with Crippen LogP contribution < -0.4 is 5.32 Å². The second-order valence-corrected chi connectivity index (χ2v) is 5.59. The molecule has 0 aliphatic heterocycles. The van der Waals surface area contributed by atoms with Gasteiger partial charge in [0, 0.05) is 35.4 Å². The zero-order chi connectivity index (χ0) is 10.6. The van der Waals surface area contributed by atoms with Gasteiger partial charge >= 0.3 is 0 Å². The van der Waals surface area contributed by atoms with Crippen LogP contribution >= 0.6 is 22.9 Å². The number of aliphatic hydroxyl groups is 1. The van der Waals surface area contributed by atoms with Gasteiger partial charge in [-0.2, -0.15) is 0 Å². The average Bonchev–Trinajstić information content (AvgIpc) is 2.51. The minimum Gasteiger partial charge on any atom is -0.396 e. The molecule has 1 rings (SSSR count). The van der Waals surface area contributed by atoms with Gasteiger partial charge in [0.25, 0.3) is 0 Å². The fraction of sp³-hybridized carbons (Fsp3) is 0.600. The van der Waals surface area contributed by atoms with Crippen molar-refractivity contribution in [2.75, 3.05) is 13.2 Å². The monoisotopic (exact) mass is 233 g/mol. The van der Waals surface area contributed by atoms with Crippen molar-refractivity contribution in [3.05, 3.63) is 21.3 Å². The molecule has 0 bridgehead atoms. The maximum absolute atomic E-state index is 9.04. The lowest BCUT2D eigenvalue weighted by Crippen LogP contribution is -2.31. The van der Waals surface area contributed by atoms with Gasteiger partial charge in [0.05, 0.1) is 5.02 Å². The molecule has 4 heteroatoms. The highest BCUT2D eigenvalue weighted by Crippen LogP contribution is 2.19. The summed E-state index contributed by atoms with van der Waals surface area (Å²) in [7, 11) is 0. The number of hydrogen-bond donors (Lipinski definition) is 2. The molecule has 2 nitrogen and oxygen atoms in total. The van der Waals surface area contributed by atoms with Crippen LogP contribution in [0.25, 0.3) is 0 Å². The van der Waals surface area contributed by atoms with Crippen LogP contribution in [0.5, 0.6) is 0 Å². The van der Waals surface area contributed by atoms with E-state index in [4.69, 9.17) is 16.7 Å². The second kappa shape index (κ2) is 5.12. The van der Waals surface area contributed by atoms with Gasteiger partial charge in [-0.25, -0.2) is 0 Å². The van der Waals surface area contributed by atoms with Crippen LogP contribution in [0, 0.1) is 5.41 Å². The van der Waals surface area contributed by atoms with Crippen molar-refractivity contribution in [2.24, 2.45) is 5.41 Å². The van der Waals surface area contributed by atoms with Gasteiger partial charge in [-0.15, -0.1) is 11.3 Å². The highest BCUT2D eigenvalue weighted by molar-refractivity contribution is 7.10. The van der Waals surface area contributed by atoms with Crippen molar-refractivity contribution >= 4 is 22.9 Å². The molecule has 1 heterocycles. The summed E-state index contributed by atoms with van der Waals surface area (Å²) < 4.78 is 0. The molecule has 0 aromatic carbocycles. The molecule has 0 radical (unpaired) electrons. The topological polar surface area (TPSA) is 32.3 Å². The first-order chi connectivity index (χ1) is 6.53. The summed E-state index contributed by atoms with van der Waals surface area (Å²) in [5.41, 5.74) is -0.0545. The van der Waals surface area contributed by atoms with Gasteiger partial charge in [0.15, 0.2) is 0 Å². The van der Waals surface area contributed by atoms with Crippen molar-refractivity contribution in [1.29, 1.82) is 0 Å².